The fourth-order valence-electron chi connectivity index (χ4n) is 3.87. The lowest BCUT2D eigenvalue weighted by atomic mass is 10.0. The van der Waals surface area contributed by atoms with Crippen LogP contribution in [0.25, 0.3) is 0 Å². The number of nitrogens with zero attached hydrogens (tertiary/aromatic N) is 2. The number of nitrogens with two attached hydrogens (primary N) is 1. The minimum atomic E-state index is -3.80. The summed E-state index contributed by atoms with van der Waals surface area (Å²) in [6.45, 7) is 2.51. The van der Waals surface area contributed by atoms with Crippen molar-refractivity contribution in [2.45, 2.75) is 49.6 Å². The van der Waals surface area contributed by atoms with Gasteiger partial charge in [0.15, 0.2) is 0 Å². The number of carboxylic acids is 1. The van der Waals surface area contributed by atoms with Crippen molar-refractivity contribution in [3.63, 3.8) is 0 Å². The van der Waals surface area contributed by atoms with Crippen molar-refractivity contribution in [1.82, 2.24) is 4.90 Å². The van der Waals surface area contributed by atoms with E-state index < -0.39 is 22.0 Å². The Kier molecular flexibility index (Phi) is 6.51. The summed E-state index contributed by atoms with van der Waals surface area (Å²) < 4.78 is 23.1. The van der Waals surface area contributed by atoms with Crippen molar-refractivity contribution in [3.8, 4) is 0 Å². The molecule has 2 atom stereocenters. The first-order valence-electron chi connectivity index (χ1n) is 8.63. The number of anilines is 1. The molecule has 1 saturated heterocycles. The standard InChI is InChI=1S/C17H23N3O5S.ClH/c1-11-8-12-9-13(26(18,24)25)5-6-14(12)20(11)16(21)10-19-7-3-2-4-15(19)17(22)23;/h5-6,9,11,15H,2-4,7-8,10H2,1H3,(H,22,23)(H2,18,24,25);1H. The molecule has 1 aromatic carbocycles. The van der Waals surface area contributed by atoms with Crippen LogP contribution >= 0.6 is 12.4 Å². The van der Waals surface area contributed by atoms with E-state index in [0.717, 1.165) is 18.4 Å². The second-order valence-corrected chi connectivity index (χ2v) is 8.53. The predicted molar refractivity (Wildman–Crippen MR) is 103 cm³/mol. The Balaban J connectivity index is 0.00000261. The lowest BCUT2D eigenvalue weighted by Gasteiger charge is -2.34. The van der Waals surface area contributed by atoms with E-state index in [9.17, 15) is 23.1 Å². The summed E-state index contributed by atoms with van der Waals surface area (Å²) in [5.74, 6) is -1.07. The number of rotatable bonds is 4. The summed E-state index contributed by atoms with van der Waals surface area (Å²) in [6.07, 6.45) is 2.81. The summed E-state index contributed by atoms with van der Waals surface area (Å²) in [5, 5.41) is 14.5. The van der Waals surface area contributed by atoms with Gasteiger partial charge in [-0.1, -0.05) is 6.42 Å². The van der Waals surface area contributed by atoms with Gasteiger partial charge in [-0.2, -0.15) is 0 Å². The molecule has 0 bridgehead atoms. The molecule has 10 heteroatoms. The summed E-state index contributed by atoms with van der Waals surface area (Å²) in [4.78, 5) is 27.7. The molecular weight excluding hydrogens is 394 g/mol. The molecule has 1 amide bonds. The van der Waals surface area contributed by atoms with E-state index in [1.54, 1.807) is 15.9 Å². The molecule has 3 rings (SSSR count). The highest BCUT2D eigenvalue weighted by Crippen LogP contribution is 2.34. The second-order valence-electron chi connectivity index (χ2n) is 6.97. The quantitative estimate of drug-likeness (QED) is 0.752. The minimum absolute atomic E-state index is 0. The van der Waals surface area contributed by atoms with Crippen LogP contribution in [0, 0.1) is 0 Å². The third-order valence-corrected chi connectivity index (χ3v) is 6.01. The van der Waals surface area contributed by atoms with Gasteiger partial charge in [-0.15, -0.1) is 12.4 Å². The number of sulfonamides is 1. The molecule has 3 N–H and O–H groups in total. The fourth-order valence-corrected chi connectivity index (χ4v) is 4.44. The summed E-state index contributed by atoms with van der Waals surface area (Å²) >= 11 is 0. The van der Waals surface area contributed by atoms with Crippen LogP contribution in [0.5, 0.6) is 0 Å². The number of carbonyl (C=O) groups is 2. The van der Waals surface area contributed by atoms with Gasteiger partial charge in [0, 0.05) is 11.7 Å². The van der Waals surface area contributed by atoms with E-state index in [1.807, 2.05) is 6.92 Å². The van der Waals surface area contributed by atoms with Gasteiger partial charge in [0.1, 0.15) is 6.04 Å². The molecule has 0 saturated carbocycles. The molecule has 2 unspecified atom stereocenters. The molecule has 8 nitrogen and oxygen atoms in total. The van der Waals surface area contributed by atoms with Crippen LogP contribution in [-0.4, -0.2) is 55.5 Å². The number of hydrogen-bond acceptors (Lipinski definition) is 5. The van der Waals surface area contributed by atoms with Crippen LogP contribution in [0.15, 0.2) is 23.1 Å². The van der Waals surface area contributed by atoms with Crippen molar-refractivity contribution in [3.05, 3.63) is 23.8 Å². The number of fused-ring (bicyclic) bond motifs is 1. The first-order chi connectivity index (χ1) is 12.2. The van der Waals surface area contributed by atoms with Crippen molar-refractivity contribution >= 4 is 40.0 Å². The average molecular weight is 418 g/mol. The zero-order valence-corrected chi connectivity index (χ0v) is 16.6. The predicted octanol–water partition coefficient (Wildman–Crippen LogP) is 0.972. The van der Waals surface area contributed by atoms with Gasteiger partial charge in [0.25, 0.3) is 0 Å². The second kappa shape index (κ2) is 8.14. The van der Waals surface area contributed by atoms with Crippen molar-refractivity contribution in [1.29, 1.82) is 0 Å². The lowest BCUT2D eigenvalue weighted by Crippen LogP contribution is -2.50. The average Bonchev–Trinajstić information content (AvgIpc) is 2.89. The van der Waals surface area contributed by atoms with Crippen LogP contribution in [0.3, 0.4) is 0 Å². The Hall–Kier alpha value is -1.68. The third-order valence-electron chi connectivity index (χ3n) is 5.10. The number of halogens is 1. The fraction of sp³-hybridized carbons (Fsp3) is 0.529. The molecule has 27 heavy (non-hydrogen) atoms. The Morgan fingerprint density at radius 1 is 1.30 bits per heavy atom. The number of primary sulfonamides is 1. The number of carbonyl (C=O) groups excluding carboxylic acids is 1. The van der Waals surface area contributed by atoms with Gasteiger partial charge < -0.3 is 10.0 Å². The van der Waals surface area contributed by atoms with E-state index in [1.165, 1.54) is 12.1 Å². The normalized spacial score (nSPS) is 22.8. The van der Waals surface area contributed by atoms with E-state index in [-0.39, 0.29) is 35.8 Å². The molecular formula is C17H24ClN3O5S. The van der Waals surface area contributed by atoms with E-state index in [4.69, 9.17) is 5.14 Å². The van der Waals surface area contributed by atoms with Gasteiger partial charge in [-0.05, 0) is 56.5 Å². The number of carboxylic acid groups (broad SMARTS) is 1. The minimum Gasteiger partial charge on any atom is -0.480 e. The number of likely N-dealkylation sites (tertiary alicyclic amines) is 1. The summed E-state index contributed by atoms with van der Waals surface area (Å²) in [5.41, 5.74) is 1.42. The molecule has 0 spiro atoms. The van der Waals surface area contributed by atoms with Crippen molar-refractivity contribution in [2.24, 2.45) is 5.14 Å². The highest BCUT2D eigenvalue weighted by atomic mass is 35.5. The molecule has 0 radical (unpaired) electrons. The van der Waals surface area contributed by atoms with Crippen molar-refractivity contribution in [2.75, 3.05) is 18.0 Å². The first-order valence-corrected chi connectivity index (χ1v) is 10.2. The zero-order valence-electron chi connectivity index (χ0n) is 15.0. The molecule has 0 aromatic heterocycles. The number of aliphatic carboxylic acids is 1. The highest BCUT2D eigenvalue weighted by molar-refractivity contribution is 7.89. The van der Waals surface area contributed by atoms with Gasteiger partial charge in [0.2, 0.25) is 15.9 Å². The topological polar surface area (TPSA) is 121 Å². The van der Waals surface area contributed by atoms with Gasteiger partial charge in [0.05, 0.1) is 11.4 Å². The maximum Gasteiger partial charge on any atom is 0.320 e. The molecule has 0 aliphatic carbocycles. The van der Waals surface area contributed by atoms with Gasteiger partial charge in [-0.25, -0.2) is 13.6 Å². The van der Waals surface area contributed by atoms with E-state index >= 15 is 0 Å². The maximum atomic E-state index is 12.9. The molecule has 150 valence electrons. The Bertz CT molecular complexity index is 845. The number of amides is 1. The van der Waals surface area contributed by atoms with Crippen LogP contribution < -0.4 is 10.0 Å². The van der Waals surface area contributed by atoms with Crippen LogP contribution in [0.4, 0.5) is 5.69 Å². The number of benzene rings is 1. The van der Waals surface area contributed by atoms with Crippen LogP contribution in [-0.2, 0) is 26.0 Å². The first kappa shape index (κ1) is 21.6. The smallest absolute Gasteiger partial charge is 0.320 e. The van der Waals surface area contributed by atoms with Crippen LogP contribution in [0.1, 0.15) is 31.7 Å². The van der Waals surface area contributed by atoms with Gasteiger partial charge >= 0.3 is 5.97 Å². The molecule has 1 fully saturated rings. The van der Waals surface area contributed by atoms with Crippen molar-refractivity contribution < 1.29 is 23.1 Å². The number of piperidine rings is 1. The highest BCUT2D eigenvalue weighted by Gasteiger charge is 2.35. The Morgan fingerprint density at radius 2 is 2.00 bits per heavy atom. The van der Waals surface area contributed by atoms with E-state index in [0.29, 0.717) is 25.1 Å². The maximum absolute atomic E-state index is 12.9. The molecule has 2 aliphatic rings. The van der Waals surface area contributed by atoms with E-state index in [2.05, 4.69) is 0 Å². The zero-order chi connectivity index (χ0) is 19.1. The Labute approximate surface area is 164 Å². The lowest BCUT2D eigenvalue weighted by molar-refractivity contribution is -0.145. The largest absolute Gasteiger partial charge is 0.480 e. The molecule has 2 heterocycles. The monoisotopic (exact) mass is 417 g/mol. The SMILES string of the molecule is CC1Cc2cc(S(N)(=O)=O)ccc2N1C(=O)CN1CCCCC1C(=O)O.Cl. The number of hydrogen-bond donors (Lipinski definition) is 2. The summed E-state index contributed by atoms with van der Waals surface area (Å²) in [6, 6.07) is 3.75. The van der Waals surface area contributed by atoms with Crippen LogP contribution in [0.2, 0.25) is 0 Å². The van der Waals surface area contributed by atoms with Gasteiger partial charge in [-0.3, -0.25) is 14.5 Å². The Morgan fingerprint density at radius 3 is 2.63 bits per heavy atom. The molecule has 1 aromatic rings. The third kappa shape index (κ3) is 4.43. The summed E-state index contributed by atoms with van der Waals surface area (Å²) in [7, 11) is -3.80. The molecule has 2 aliphatic heterocycles.